The Balaban J connectivity index is 2.18. The highest BCUT2D eigenvalue weighted by atomic mass is 16.5. The molecule has 0 radical (unpaired) electrons. The molecule has 132 valence electrons. The molecule has 0 unspecified atom stereocenters. The fourth-order valence-electron chi connectivity index (χ4n) is 2.36. The number of hydrogen-bond donors (Lipinski definition) is 2. The number of methoxy groups -OCH3 is 2. The zero-order valence-electron chi connectivity index (χ0n) is 14.1. The van der Waals surface area contributed by atoms with Gasteiger partial charge >= 0.3 is 0 Å². The summed E-state index contributed by atoms with van der Waals surface area (Å²) in [5.41, 5.74) is 2.56. The molecule has 0 atom stereocenters. The molecular formula is C18H20N2O5. The average Bonchev–Trinajstić information content (AvgIpc) is 2.65. The number of carbonyl (C=O) groups excluding carboxylic acids is 1. The van der Waals surface area contributed by atoms with Gasteiger partial charge in [-0.15, -0.1) is 0 Å². The lowest BCUT2D eigenvalue weighted by Crippen LogP contribution is -2.22. The van der Waals surface area contributed by atoms with Crippen LogP contribution in [0.15, 0.2) is 47.4 Å². The van der Waals surface area contributed by atoms with Crippen molar-refractivity contribution in [1.29, 1.82) is 0 Å². The fourth-order valence-corrected chi connectivity index (χ4v) is 2.36. The summed E-state index contributed by atoms with van der Waals surface area (Å²) in [7, 11) is 3.17. The number of nitrogens with one attached hydrogen (secondary N) is 1. The van der Waals surface area contributed by atoms with E-state index in [0.29, 0.717) is 30.0 Å². The van der Waals surface area contributed by atoms with E-state index in [-0.39, 0.29) is 5.56 Å². The predicted octanol–water partition coefficient (Wildman–Crippen LogP) is 1.63. The van der Waals surface area contributed by atoms with E-state index in [1.54, 1.807) is 43.2 Å². The van der Waals surface area contributed by atoms with E-state index in [9.17, 15) is 9.59 Å². The average molecular weight is 344 g/mol. The smallest absolute Gasteiger partial charge is 0.267 e. The highest BCUT2D eigenvalue weighted by Gasteiger charge is 2.07. The quantitative estimate of drug-likeness (QED) is 0.453. The summed E-state index contributed by atoms with van der Waals surface area (Å²) < 4.78 is 12.1. The lowest BCUT2D eigenvalue weighted by molar-refractivity contribution is -0.124. The minimum Gasteiger partial charge on any atom is -0.497 e. The highest BCUT2D eigenvalue weighted by Crippen LogP contribution is 2.25. The van der Waals surface area contributed by atoms with E-state index in [1.165, 1.54) is 11.6 Å². The lowest BCUT2D eigenvalue weighted by atomic mass is 10.1. The number of amides is 1. The molecule has 2 N–H and O–H groups in total. The molecule has 2 rings (SSSR count). The number of hydrogen-bond acceptors (Lipinski definition) is 5. The van der Waals surface area contributed by atoms with Gasteiger partial charge in [-0.1, -0.05) is 6.07 Å². The number of ether oxygens (including phenoxy) is 2. The first-order valence-electron chi connectivity index (χ1n) is 7.61. The van der Waals surface area contributed by atoms with Crippen molar-refractivity contribution in [1.82, 2.24) is 10.0 Å². The largest absolute Gasteiger partial charge is 0.497 e. The Hall–Kier alpha value is -3.06. The zero-order chi connectivity index (χ0) is 18.2. The van der Waals surface area contributed by atoms with Crippen molar-refractivity contribution in [2.75, 3.05) is 14.2 Å². The number of rotatable bonds is 7. The van der Waals surface area contributed by atoms with Crippen molar-refractivity contribution in [2.24, 2.45) is 0 Å². The highest BCUT2D eigenvalue weighted by molar-refractivity contribution is 5.90. The van der Waals surface area contributed by atoms with Crippen LogP contribution in [0.4, 0.5) is 0 Å². The van der Waals surface area contributed by atoms with E-state index < -0.39 is 5.91 Å². The molecule has 1 aromatic carbocycles. The number of aromatic nitrogens is 1. The molecule has 25 heavy (non-hydrogen) atoms. The van der Waals surface area contributed by atoms with E-state index in [1.807, 2.05) is 12.1 Å². The minimum atomic E-state index is -0.697. The van der Waals surface area contributed by atoms with E-state index in [4.69, 9.17) is 14.7 Å². The summed E-state index contributed by atoms with van der Waals surface area (Å²) in [4.78, 5) is 23.4. The van der Waals surface area contributed by atoms with E-state index in [2.05, 4.69) is 0 Å². The van der Waals surface area contributed by atoms with Gasteiger partial charge in [0.2, 0.25) is 0 Å². The Labute approximate surface area is 145 Å². The molecule has 0 spiro atoms. The van der Waals surface area contributed by atoms with Gasteiger partial charge in [0.25, 0.3) is 11.5 Å². The van der Waals surface area contributed by atoms with E-state index in [0.717, 1.165) is 11.6 Å². The van der Waals surface area contributed by atoms with Crippen LogP contribution in [0.25, 0.3) is 6.08 Å². The molecular weight excluding hydrogens is 324 g/mol. The maximum Gasteiger partial charge on any atom is 0.267 e. The molecule has 7 nitrogen and oxygen atoms in total. The molecule has 2 aromatic rings. The number of aryl methyl sites for hydroxylation is 2. The molecule has 1 heterocycles. The number of nitrogens with zero attached hydrogens (tertiary/aromatic N) is 1. The third-order valence-electron chi connectivity index (χ3n) is 3.69. The molecule has 0 aliphatic rings. The van der Waals surface area contributed by atoms with Crippen LogP contribution in [-0.4, -0.2) is 29.9 Å². The van der Waals surface area contributed by atoms with Gasteiger partial charge in [0.1, 0.15) is 11.5 Å². The zero-order valence-corrected chi connectivity index (χ0v) is 14.1. The Kier molecular flexibility index (Phi) is 6.36. The van der Waals surface area contributed by atoms with Gasteiger partial charge in [0.05, 0.1) is 14.2 Å². The fraction of sp³-hybridized carbons (Fsp3) is 0.222. The van der Waals surface area contributed by atoms with Crippen molar-refractivity contribution >= 4 is 12.0 Å². The first-order chi connectivity index (χ1) is 12.1. The van der Waals surface area contributed by atoms with Crippen molar-refractivity contribution in [3.05, 3.63) is 64.1 Å². The van der Waals surface area contributed by atoms with Crippen LogP contribution < -0.4 is 20.5 Å². The predicted molar refractivity (Wildman–Crippen MR) is 92.9 cm³/mol. The first kappa shape index (κ1) is 18.3. The summed E-state index contributed by atoms with van der Waals surface area (Å²) in [5.74, 6) is 0.702. The maximum absolute atomic E-state index is 12.4. The molecule has 1 aromatic heterocycles. The van der Waals surface area contributed by atoms with Gasteiger partial charge in [-0.05, 0) is 36.3 Å². The van der Waals surface area contributed by atoms with Crippen molar-refractivity contribution < 1.29 is 19.5 Å². The normalized spacial score (nSPS) is 10.7. The van der Waals surface area contributed by atoms with Gasteiger partial charge in [-0.2, -0.15) is 0 Å². The molecule has 7 heteroatoms. The summed E-state index contributed by atoms with van der Waals surface area (Å²) in [5, 5.41) is 8.48. The van der Waals surface area contributed by atoms with Crippen LogP contribution in [0.5, 0.6) is 11.5 Å². The number of hydroxylamine groups is 1. The SMILES string of the molecule is COc1ccc(CCn2cccc(/C=C/C(=O)NO)c2=O)c(OC)c1. The molecule has 0 fully saturated rings. The second kappa shape index (κ2) is 8.70. The van der Waals surface area contributed by atoms with Crippen LogP contribution in [0.1, 0.15) is 11.1 Å². The van der Waals surface area contributed by atoms with Gasteiger partial charge in [0.15, 0.2) is 0 Å². The number of pyridine rings is 1. The van der Waals surface area contributed by atoms with E-state index >= 15 is 0 Å². The monoisotopic (exact) mass is 344 g/mol. The molecule has 0 saturated heterocycles. The van der Waals surface area contributed by atoms with Crippen LogP contribution in [0.2, 0.25) is 0 Å². The Morgan fingerprint density at radius 1 is 1.28 bits per heavy atom. The molecule has 0 aliphatic carbocycles. The van der Waals surface area contributed by atoms with Crippen LogP contribution in [-0.2, 0) is 17.8 Å². The van der Waals surface area contributed by atoms with Gasteiger partial charge in [0, 0.05) is 30.4 Å². The summed E-state index contributed by atoms with van der Waals surface area (Å²) in [6, 6.07) is 8.87. The number of benzene rings is 1. The summed E-state index contributed by atoms with van der Waals surface area (Å²) in [6.45, 7) is 0.454. The molecule has 0 saturated carbocycles. The second-order valence-corrected chi connectivity index (χ2v) is 5.20. The van der Waals surface area contributed by atoms with Crippen LogP contribution in [0.3, 0.4) is 0 Å². The topological polar surface area (TPSA) is 89.8 Å². The summed E-state index contributed by atoms with van der Waals surface area (Å²) in [6.07, 6.45) is 4.73. The lowest BCUT2D eigenvalue weighted by Gasteiger charge is -2.11. The number of carbonyl (C=O) groups is 1. The van der Waals surface area contributed by atoms with Crippen molar-refractivity contribution in [3.63, 3.8) is 0 Å². The molecule has 1 amide bonds. The third-order valence-corrected chi connectivity index (χ3v) is 3.69. The Bertz CT molecular complexity index is 826. The minimum absolute atomic E-state index is 0.225. The standard InChI is InChI=1S/C18H20N2O5/c1-24-15-7-5-13(16(12-15)25-2)9-11-20-10-3-4-14(18(20)22)6-8-17(21)19-23/h3-8,10,12,23H,9,11H2,1-2H3,(H,19,21)/b8-6+. The summed E-state index contributed by atoms with van der Waals surface area (Å²) >= 11 is 0. The maximum atomic E-state index is 12.4. The van der Waals surface area contributed by atoms with Crippen LogP contribution in [0, 0.1) is 0 Å². The second-order valence-electron chi connectivity index (χ2n) is 5.20. The van der Waals surface area contributed by atoms with Gasteiger partial charge in [-0.3, -0.25) is 14.8 Å². The Morgan fingerprint density at radius 2 is 2.08 bits per heavy atom. The third kappa shape index (κ3) is 4.71. The Morgan fingerprint density at radius 3 is 2.76 bits per heavy atom. The van der Waals surface area contributed by atoms with Crippen molar-refractivity contribution in [3.8, 4) is 11.5 Å². The van der Waals surface area contributed by atoms with Crippen molar-refractivity contribution in [2.45, 2.75) is 13.0 Å². The van der Waals surface area contributed by atoms with Gasteiger partial charge < -0.3 is 14.0 Å². The first-order valence-corrected chi connectivity index (χ1v) is 7.61. The van der Waals surface area contributed by atoms with Gasteiger partial charge in [-0.25, -0.2) is 5.48 Å². The molecule has 0 aliphatic heterocycles. The molecule has 0 bridgehead atoms. The van der Waals surface area contributed by atoms with Crippen LogP contribution >= 0.6 is 0 Å².